The molecule has 0 aliphatic carbocycles. The summed E-state index contributed by atoms with van der Waals surface area (Å²) in [6.45, 7) is 9.42. The van der Waals surface area contributed by atoms with Crippen molar-refractivity contribution >= 4 is 10.0 Å². The first-order chi connectivity index (χ1) is 8.77. The van der Waals surface area contributed by atoms with Gasteiger partial charge in [0.05, 0.1) is 5.75 Å². The van der Waals surface area contributed by atoms with Gasteiger partial charge in [0.15, 0.2) is 0 Å². The van der Waals surface area contributed by atoms with Crippen LogP contribution in [-0.4, -0.2) is 80.6 Å². The predicted molar refractivity (Wildman–Crippen MR) is 79.8 cm³/mol. The minimum Gasteiger partial charge on any atom is -0.308 e. The van der Waals surface area contributed by atoms with Gasteiger partial charge >= 0.3 is 0 Å². The Kier molecular flexibility index (Phi) is 6.23. The molecular weight excluding hydrogens is 262 g/mol. The van der Waals surface area contributed by atoms with Gasteiger partial charge in [-0.2, -0.15) is 4.31 Å². The molecule has 1 rings (SSSR count). The van der Waals surface area contributed by atoms with Crippen LogP contribution in [0.25, 0.3) is 0 Å². The van der Waals surface area contributed by atoms with E-state index in [0.717, 1.165) is 13.1 Å². The van der Waals surface area contributed by atoms with Gasteiger partial charge in [-0.05, 0) is 34.4 Å². The lowest BCUT2D eigenvalue weighted by atomic mass is 10.1. The van der Waals surface area contributed by atoms with Gasteiger partial charge in [0, 0.05) is 38.3 Å². The SMILES string of the molecule is CCCS(=O)(=O)N1CC(C)N(CCN(C)C)C(C)C1. The fourth-order valence-corrected chi connectivity index (χ4v) is 4.34. The molecule has 0 aromatic rings. The first-order valence-corrected chi connectivity index (χ1v) is 8.77. The summed E-state index contributed by atoms with van der Waals surface area (Å²) in [6.07, 6.45) is 0.686. The third kappa shape index (κ3) is 4.70. The van der Waals surface area contributed by atoms with Crippen LogP contribution in [0.5, 0.6) is 0 Å². The Morgan fingerprint density at radius 3 is 2.11 bits per heavy atom. The van der Waals surface area contributed by atoms with E-state index in [2.05, 4.69) is 37.7 Å². The Hall–Kier alpha value is -0.170. The third-order valence-corrected chi connectivity index (χ3v) is 5.74. The van der Waals surface area contributed by atoms with Crippen molar-refractivity contribution in [3.05, 3.63) is 0 Å². The van der Waals surface area contributed by atoms with Gasteiger partial charge in [0.1, 0.15) is 0 Å². The highest BCUT2D eigenvalue weighted by Gasteiger charge is 2.34. The zero-order chi connectivity index (χ0) is 14.6. The maximum atomic E-state index is 12.1. The zero-order valence-corrected chi connectivity index (χ0v) is 13.8. The topological polar surface area (TPSA) is 43.9 Å². The number of hydrogen-bond acceptors (Lipinski definition) is 4. The number of sulfonamides is 1. The van der Waals surface area contributed by atoms with Crippen molar-refractivity contribution in [2.75, 3.05) is 46.0 Å². The molecule has 0 amide bonds. The Morgan fingerprint density at radius 1 is 1.16 bits per heavy atom. The lowest BCUT2D eigenvalue weighted by molar-refractivity contribution is 0.0708. The quantitative estimate of drug-likeness (QED) is 0.722. The summed E-state index contributed by atoms with van der Waals surface area (Å²) in [7, 11) is 1.08. The molecule has 1 aliphatic rings. The molecule has 1 saturated heterocycles. The van der Waals surface area contributed by atoms with E-state index in [4.69, 9.17) is 0 Å². The fraction of sp³-hybridized carbons (Fsp3) is 1.00. The maximum absolute atomic E-state index is 12.1. The summed E-state index contributed by atoms with van der Waals surface area (Å²) in [6, 6.07) is 0.575. The lowest BCUT2D eigenvalue weighted by Gasteiger charge is -2.44. The van der Waals surface area contributed by atoms with Crippen LogP contribution in [0.1, 0.15) is 27.2 Å². The standard InChI is InChI=1S/C13H29N3O2S/c1-6-9-19(17,18)15-10-12(2)16(13(3)11-15)8-7-14(4)5/h12-13H,6-11H2,1-5H3. The fourth-order valence-electron chi connectivity index (χ4n) is 2.68. The summed E-state index contributed by atoms with van der Waals surface area (Å²) in [4.78, 5) is 4.58. The van der Waals surface area contributed by atoms with Crippen molar-refractivity contribution in [1.82, 2.24) is 14.1 Å². The number of likely N-dealkylation sites (N-methyl/N-ethyl adjacent to an activating group) is 1. The van der Waals surface area contributed by atoms with E-state index in [0.29, 0.717) is 19.5 Å². The highest BCUT2D eigenvalue weighted by Crippen LogP contribution is 2.18. The van der Waals surface area contributed by atoms with Gasteiger partial charge in [-0.25, -0.2) is 8.42 Å². The lowest BCUT2D eigenvalue weighted by Crippen LogP contribution is -2.59. The Balaban J connectivity index is 2.65. The molecule has 0 N–H and O–H groups in total. The van der Waals surface area contributed by atoms with Crippen molar-refractivity contribution in [3.8, 4) is 0 Å². The number of nitrogens with zero attached hydrogens (tertiary/aromatic N) is 3. The Labute approximate surface area is 118 Å². The van der Waals surface area contributed by atoms with Crippen molar-refractivity contribution in [1.29, 1.82) is 0 Å². The summed E-state index contributed by atoms with van der Waals surface area (Å²) in [5, 5.41) is 0. The maximum Gasteiger partial charge on any atom is 0.214 e. The van der Waals surface area contributed by atoms with Crippen molar-refractivity contribution < 1.29 is 8.42 Å². The van der Waals surface area contributed by atoms with Crippen molar-refractivity contribution in [3.63, 3.8) is 0 Å². The average molecular weight is 291 g/mol. The molecule has 114 valence electrons. The van der Waals surface area contributed by atoms with E-state index >= 15 is 0 Å². The smallest absolute Gasteiger partial charge is 0.214 e. The average Bonchev–Trinajstić information content (AvgIpc) is 2.27. The second-order valence-corrected chi connectivity index (χ2v) is 7.96. The van der Waals surface area contributed by atoms with Crippen LogP contribution in [0.4, 0.5) is 0 Å². The van der Waals surface area contributed by atoms with Gasteiger partial charge in [-0.15, -0.1) is 0 Å². The molecule has 0 spiro atoms. The molecule has 2 unspecified atom stereocenters. The van der Waals surface area contributed by atoms with Gasteiger partial charge in [-0.3, -0.25) is 4.90 Å². The Morgan fingerprint density at radius 2 is 1.68 bits per heavy atom. The molecule has 1 fully saturated rings. The summed E-state index contributed by atoms with van der Waals surface area (Å²) in [5.74, 6) is 0.268. The van der Waals surface area contributed by atoms with Crippen LogP contribution in [0.15, 0.2) is 0 Å². The van der Waals surface area contributed by atoms with E-state index in [9.17, 15) is 8.42 Å². The van der Waals surface area contributed by atoms with E-state index < -0.39 is 10.0 Å². The molecular formula is C13H29N3O2S. The highest BCUT2D eigenvalue weighted by molar-refractivity contribution is 7.89. The highest BCUT2D eigenvalue weighted by atomic mass is 32.2. The first kappa shape index (κ1) is 16.9. The molecule has 0 aromatic carbocycles. The Bertz CT molecular complexity index is 358. The predicted octanol–water partition coefficient (Wildman–Crippen LogP) is 0.682. The zero-order valence-electron chi connectivity index (χ0n) is 13.0. The molecule has 6 heteroatoms. The third-order valence-electron chi connectivity index (χ3n) is 3.73. The van der Waals surface area contributed by atoms with E-state index in [-0.39, 0.29) is 17.8 Å². The first-order valence-electron chi connectivity index (χ1n) is 7.16. The molecule has 1 heterocycles. The van der Waals surface area contributed by atoms with Crippen LogP contribution >= 0.6 is 0 Å². The second-order valence-electron chi connectivity index (χ2n) is 5.87. The summed E-state index contributed by atoms with van der Waals surface area (Å²) >= 11 is 0. The van der Waals surface area contributed by atoms with Crippen molar-refractivity contribution in [2.24, 2.45) is 0 Å². The molecule has 2 atom stereocenters. The van der Waals surface area contributed by atoms with Crippen LogP contribution in [0.3, 0.4) is 0 Å². The minimum atomic E-state index is -3.06. The van der Waals surface area contributed by atoms with E-state index in [1.807, 2.05) is 6.92 Å². The molecule has 1 aliphatic heterocycles. The van der Waals surface area contributed by atoms with Gasteiger partial charge in [0.2, 0.25) is 10.0 Å². The van der Waals surface area contributed by atoms with Gasteiger partial charge < -0.3 is 4.90 Å². The number of hydrogen-bond donors (Lipinski definition) is 0. The number of piperazine rings is 1. The second kappa shape index (κ2) is 7.02. The van der Waals surface area contributed by atoms with Crippen LogP contribution in [0.2, 0.25) is 0 Å². The summed E-state index contributed by atoms with van der Waals surface area (Å²) in [5.41, 5.74) is 0. The molecule has 5 nitrogen and oxygen atoms in total. The van der Waals surface area contributed by atoms with Crippen molar-refractivity contribution in [2.45, 2.75) is 39.3 Å². The van der Waals surface area contributed by atoms with E-state index in [1.54, 1.807) is 4.31 Å². The minimum absolute atomic E-state index is 0.268. The molecule has 0 bridgehead atoms. The molecule has 0 radical (unpaired) electrons. The summed E-state index contributed by atoms with van der Waals surface area (Å²) < 4.78 is 26.0. The largest absolute Gasteiger partial charge is 0.308 e. The van der Waals surface area contributed by atoms with Gasteiger partial charge in [-0.1, -0.05) is 6.92 Å². The monoisotopic (exact) mass is 291 g/mol. The normalized spacial score (nSPS) is 27.1. The van der Waals surface area contributed by atoms with Crippen LogP contribution in [0, 0.1) is 0 Å². The van der Waals surface area contributed by atoms with Crippen LogP contribution < -0.4 is 0 Å². The number of rotatable bonds is 6. The molecule has 0 saturated carbocycles. The van der Waals surface area contributed by atoms with Gasteiger partial charge in [0.25, 0.3) is 0 Å². The molecule has 0 aromatic heterocycles. The van der Waals surface area contributed by atoms with Crippen LogP contribution in [-0.2, 0) is 10.0 Å². The molecule has 19 heavy (non-hydrogen) atoms. The van der Waals surface area contributed by atoms with E-state index in [1.165, 1.54) is 0 Å².